The van der Waals surface area contributed by atoms with Crippen molar-refractivity contribution < 1.29 is 4.79 Å². The van der Waals surface area contributed by atoms with Crippen LogP contribution in [0.15, 0.2) is 48.7 Å². The van der Waals surface area contributed by atoms with E-state index < -0.39 is 0 Å². The lowest BCUT2D eigenvalue weighted by Crippen LogP contribution is -2.39. The molecule has 1 aromatic heterocycles. The lowest BCUT2D eigenvalue weighted by atomic mass is 9.94. The van der Waals surface area contributed by atoms with Crippen molar-refractivity contribution in [2.45, 2.75) is 51.0 Å². The second-order valence-corrected chi connectivity index (χ2v) is 7.69. The maximum Gasteiger partial charge on any atom is 0.254 e. The van der Waals surface area contributed by atoms with Crippen molar-refractivity contribution in [3.8, 4) is 0 Å². The third-order valence-corrected chi connectivity index (χ3v) is 5.87. The highest BCUT2D eigenvalue weighted by atomic mass is 16.2. The number of anilines is 1. The molecule has 0 bridgehead atoms. The molecule has 4 heteroatoms. The van der Waals surface area contributed by atoms with Crippen LogP contribution in [-0.4, -0.2) is 35.4 Å². The van der Waals surface area contributed by atoms with Crippen molar-refractivity contribution >= 4 is 11.7 Å². The summed E-state index contributed by atoms with van der Waals surface area (Å²) >= 11 is 0. The Hall–Kier alpha value is -2.36. The molecular weight excluding hydrogens is 334 g/mol. The molecule has 2 aliphatic heterocycles. The molecule has 3 heterocycles. The molecule has 1 amide bonds. The highest BCUT2D eigenvalue weighted by molar-refractivity contribution is 5.94. The molecule has 0 saturated carbocycles. The molecule has 2 aliphatic rings. The highest BCUT2D eigenvalue weighted by Gasteiger charge is 2.31. The van der Waals surface area contributed by atoms with Crippen molar-refractivity contribution in [2.75, 3.05) is 24.5 Å². The number of rotatable bonds is 3. The van der Waals surface area contributed by atoms with Crippen LogP contribution in [-0.2, 0) is 0 Å². The number of likely N-dealkylation sites (tertiary alicyclic amines) is 1. The maximum absolute atomic E-state index is 13.2. The average Bonchev–Trinajstić information content (AvgIpc) is 3.03. The van der Waals surface area contributed by atoms with Crippen molar-refractivity contribution in [1.29, 1.82) is 0 Å². The van der Waals surface area contributed by atoms with Crippen LogP contribution in [0.4, 0.5) is 5.82 Å². The number of aromatic nitrogens is 1. The van der Waals surface area contributed by atoms with Gasteiger partial charge in [-0.1, -0.05) is 37.1 Å². The van der Waals surface area contributed by atoms with E-state index in [1.807, 2.05) is 42.6 Å². The first-order valence-electron chi connectivity index (χ1n) is 10.4. The number of pyridine rings is 1. The zero-order chi connectivity index (χ0) is 18.5. The van der Waals surface area contributed by atoms with Gasteiger partial charge in [0, 0.05) is 37.0 Å². The second-order valence-electron chi connectivity index (χ2n) is 7.69. The van der Waals surface area contributed by atoms with E-state index in [1.165, 1.54) is 31.2 Å². The smallest absolute Gasteiger partial charge is 0.254 e. The monoisotopic (exact) mass is 363 g/mol. The van der Waals surface area contributed by atoms with E-state index in [0.717, 1.165) is 50.3 Å². The van der Waals surface area contributed by atoms with Gasteiger partial charge in [0.15, 0.2) is 0 Å². The molecule has 27 heavy (non-hydrogen) atoms. The number of carbonyl (C=O) groups excluding carboxylic acids is 1. The number of hydrogen-bond acceptors (Lipinski definition) is 3. The zero-order valence-corrected chi connectivity index (χ0v) is 16.0. The fourth-order valence-corrected chi connectivity index (χ4v) is 4.46. The molecule has 0 N–H and O–H groups in total. The maximum atomic E-state index is 13.2. The summed E-state index contributed by atoms with van der Waals surface area (Å²) < 4.78 is 0. The summed E-state index contributed by atoms with van der Waals surface area (Å²) in [6.45, 7) is 2.97. The van der Waals surface area contributed by atoms with Crippen molar-refractivity contribution in [2.24, 2.45) is 0 Å². The molecule has 2 saturated heterocycles. The van der Waals surface area contributed by atoms with Gasteiger partial charge in [-0.2, -0.15) is 0 Å². The topological polar surface area (TPSA) is 36.4 Å². The molecular formula is C23H29N3O. The lowest BCUT2D eigenvalue weighted by Gasteiger charge is -2.38. The number of carbonyl (C=O) groups is 1. The third kappa shape index (κ3) is 4.00. The summed E-state index contributed by atoms with van der Waals surface area (Å²) in [5.41, 5.74) is 2.01. The summed E-state index contributed by atoms with van der Waals surface area (Å²) in [5.74, 6) is 1.24. The largest absolute Gasteiger partial charge is 0.356 e. The molecule has 2 fully saturated rings. The van der Waals surface area contributed by atoms with Gasteiger partial charge in [0.1, 0.15) is 5.82 Å². The molecule has 4 nitrogen and oxygen atoms in total. The van der Waals surface area contributed by atoms with Crippen LogP contribution >= 0.6 is 0 Å². The molecule has 2 aromatic rings. The van der Waals surface area contributed by atoms with E-state index in [9.17, 15) is 4.79 Å². The van der Waals surface area contributed by atoms with Crippen LogP contribution in [0.3, 0.4) is 0 Å². The van der Waals surface area contributed by atoms with Crippen LogP contribution in [0.5, 0.6) is 0 Å². The van der Waals surface area contributed by atoms with Crippen molar-refractivity contribution in [3.63, 3.8) is 0 Å². The van der Waals surface area contributed by atoms with Gasteiger partial charge in [0.05, 0.1) is 6.04 Å². The second kappa shape index (κ2) is 8.55. The van der Waals surface area contributed by atoms with Crippen LogP contribution in [0.2, 0.25) is 0 Å². The van der Waals surface area contributed by atoms with Gasteiger partial charge in [-0.15, -0.1) is 0 Å². The first-order chi connectivity index (χ1) is 13.3. The number of benzene rings is 1. The summed E-state index contributed by atoms with van der Waals surface area (Å²) in [6.07, 6.45) is 10.2. The minimum absolute atomic E-state index is 0.124. The van der Waals surface area contributed by atoms with Crippen LogP contribution in [0, 0.1) is 0 Å². The Morgan fingerprint density at radius 2 is 1.59 bits per heavy atom. The van der Waals surface area contributed by atoms with Crippen LogP contribution in [0.1, 0.15) is 66.9 Å². The van der Waals surface area contributed by atoms with Crippen molar-refractivity contribution in [3.05, 3.63) is 59.8 Å². The van der Waals surface area contributed by atoms with Gasteiger partial charge < -0.3 is 9.80 Å². The zero-order valence-electron chi connectivity index (χ0n) is 16.0. The predicted octanol–water partition coefficient (Wildman–Crippen LogP) is 4.83. The van der Waals surface area contributed by atoms with E-state index in [-0.39, 0.29) is 11.9 Å². The van der Waals surface area contributed by atoms with Gasteiger partial charge in [0.25, 0.3) is 5.91 Å². The van der Waals surface area contributed by atoms with Gasteiger partial charge >= 0.3 is 0 Å². The Balaban J connectivity index is 1.65. The highest BCUT2D eigenvalue weighted by Crippen LogP contribution is 2.36. The number of nitrogens with zero attached hydrogens (tertiary/aromatic N) is 3. The molecule has 4 rings (SSSR count). The van der Waals surface area contributed by atoms with Crippen LogP contribution in [0.25, 0.3) is 0 Å². The summed E-state index contributed by atoms with van der Waals surface area (Å²) in [4.78, 5) is 22.5. The standard InChI is InChI=1S/C23H29N3O/c27-23(19-11-4-3-5-12-19)26-18-9-6-14-21(26)20-13-10-15-24-22(20)25-16-7-1-2-8-17-25/h3-5,10-13,15,21H,1-2,6-9,14,16-18H2/t21-/m1/s1. The van der Waals surface area contributed by atoms with Gasteiger partial charge in [-0.25, -0.2) is 4.98 Å². The Morgan fingerprint density at radius 1 is 0.852 bits per heavy atom. The Morgan fingerprint density at radius 3 is 2.37 bits per heavy atom. The predicted molar refractivity (Wildman–Crippen MR) is 109 cm³/mol. The number of hydrogen-bond donors (Lipinski definition) is 0. The first kappa shape index (κ1) is 18.0. The molecule has 142 valence electrons. The van der Waals surface area contributed by atoms with E-state index >= 15 is 0 Å². The Kier molecular flexibility index (Phi) is 5.71. The quantitative estimate of drug-likeness (QED) is 0.784. The number of piperidine rings is 1. The van der Waals surface area contributed by atoms with E-state index in [1.54, 1.807) is 0 Å². The molecule has 0 aliphatic carbocycles. The SMILES string of the molecule is O=C(c1ccccc1)N1CCCC[C@@H]1c1cccnc1N1CCCCCC1. The van der Waals surface area contributed by atoms with Crippen molar-refractivity contribution in [1.82, 2.24) is 9.88 Å². The fourth-order valence-electron chi connectivity index (χ4n) is 4.46. The molecule has 0 spiro atoms. The molecule has 1 atom stereocenters. The molecule has 0 radical (unpaired) electrons. The molecule has 0 unspecified atom stereocenters. The van der Waals surface area contributed by atoms with Crippen LogP contribution < -0.4 is 4.90 Å². The average molecular weight is 364 g/mol. The first-order valence-corrected chi connectivity index (χ1v) is 10.4. The molecule has 1 aromatic carbocycles. The van der Waals surface area contributed by atoms with Gasteiger partial charge in [0.2, 0.25) is 0 Å². The summed E-state index contributed by atoms with van der Waals surface area (Å²) in [6, 6.07) is 14.0. The fraction of sp³-hybridized carbons (Fsp3) is 0.478. The van der Waals surface area contributed by atoms with E-state index in [4.69, 9.17) is 4.98 Å². The lowest BCUT2D eigenvalue weighted by molar-refractivity contribution is 0.0612. The van der Waals surface area contributed by atoms with Gasteiger partial charge in [-0.05, 0) is 50.3 Å². The minimum atomic E-state index is 0.124. The summed E-state index contributed by atoms with van der Waals surface area (Å²) in [7, 11) is 0. The minimum Gasteiger partial charge on any atom is -0.356 e. The Bertz CT molecular complexity index is 753. The van der Waals surface area contributed by atoms with E-state index in [0.29, 0.717) is 0 Å². The third-order valence-electron chi connectivity index (χ3n) is 5.87. The normalized spacial score (nSPS) is 21.0. The van der Waals surface area contributed by atoms with E-state index in [2.05, 4.69) is 15.9 Å². The van der Waals surface area contributed by atoms with Gasteiger partial charge in [-0.3, -0.25) is 4.79 Å². The Labute approximate surface area is 162 Å². The number of amides is 1. The summed E-state index contributed by atoms with van der Waals surface area (Å²) in [5, 5.41) is 0.